The Morgan fingerprint density at radius 3 is 2.94 bits per heavy atom. The quantitative estimate of drug-likeness (QED) is 0.571. The van der Waals surface area contributed by atoms with E-state index in [2.05, 4.69) is 11.9 Å². The van der Waals surface area contributed by atoms with Crippen LogP contribution in [0.1, 0.15) is 20.3 Å². The zero-order chi connectivity index (χ0) is 12.0. The average Bonchev–Trinajstić information content (AvgIpc) is 2.70. The zero-order valence-corrected chi connectivity index (χ0v) is 9.90. The minimum absolute atomic E-state index is 0.0473. The van der Waals surface area contributed by atoms with Crippen molar-refractivity contribution < 1.29 is 9.53 Å². The molecule has 1 saturated heterocycles. The first-order valence-corrected chi connectivity index (χ1v) is 5.57. The Morgan fingerprint density at radius 1 is 1.69 bits per heavy atom. The highest BCUT2D eigenvalue weighted by Crippen LogP contribution is 2.19. The van der Waals surface area contributed by atoms with Crippen LogP contribution < -0.4 is 5.32 Å². The lowest BCUT2D eigenvalue weighted by atomic mass is 10.00. The average molecular weight is 221 g/mol. The third kappa shape index (κ3) is 3.26. The molecule has 0 bridgehead atoms. The molecule has 2 atom stereocenters. The summed E-state index contributed by atoms with van der Waals surface area (Å²) in [5.41, 5.74) is 0.922. The lowest BCUT2D eigenvalue weighted by Gasteiger charge is -2.19. The van der Waals surface area contributed by atoms with E-state index >= 15 is 0 Å². The van der Waals surface area contributed by atoms with Crippen molar-refractivity contribution in [1.29, 1.82) is 0 Å². The molecular formula is C13H19NO2. The van der Waals surface area contributed by atoms with Gasteiger partial charge in [0.25, 0.3) is 0 Å². The van der Waals surface area contributed by atoms with Gasteiger partial charge in [0.05, 0.1) is 12.5 Å². The van der Waals surface area contributed by atoms with E-state index in [1.54, 1.807) is 6.08 Å². The van der Waals surface area contributed by atoms with Gasteiger partial charge in [-0.25, -0.2) is 0 Å². The van der Waals surface area contributed by atoms with Gasteiger partial charge in [-0.2, -0.15) is 0 Å². The van der Waals surface area contributed by atoms with E-state index in [9.17, 15) is 4.79 Å². The summed E-state index contributed by atoms with van der Waals surface area (Å²) in [6.45, 7) is 8.21. The fourth-order valence-electron chi connectivity index (χ4n) is 1.70. The molecular weight excluding hydrogens is 202 g/mol. The zero-order valence-electron chi connectivity index (χ0n) is 9.90. The third-order valence-corrected chi connectivity index (χ3v) is 2.66. The molecule has 1 aliphatic heterocycles. The molecule has 0 aliphatic carbocycles. The van der Waals surface area contributed by atoms with Gasteiger partial charge in [-0.3, -0.25) is 4.79 Å². The summed E-state index contributed by atoms with van der Waals surface area (Å²) in [6.07, 6.45) is 8.35. The van der Waals surface area contributed by atoms with Crippen LogP contribution >= 0.6 is 0 Å². The molecule has 0 aromatic carbocycles. The Hall–Kier alpha value is -1.51. The molecule has 1 fully saturated rings. The van der Waals surface area contributed by atoms with Crippen LogP contribution in [0.4, 0.5) is 0 Å². The Morgan fingerprint density at radius 2 is 2.44 bits per heavy atom. The van der Waals surface area contributed by atoms with Crippen molar-refractivity contribution in [2.45, 2.75) is 26.3 Å². The van der Waals surface area contributed by atoms with Crippen molar-refractivity contribution in [1.82, 2.24) is 5.32 Å². The highest BCUT2D eigenvalue weighted by molar-refractivity contribution is 5.75. The van der Waals surface area contributed by atoms with E-state index in [1.165, 1.54) is 0 Å². The minimum atomic E-state index is -0.102. The summed E-state index contributed by atoms with van der Waals surface area (Å²) in [5.74, 6) is -0.150. The predicted molar refractivity (Wildman–Crippen MR) is 64.8 cm³/mol. The second-order valence-corrected chi connectivity index (χ2v) is 3.85. The number of ether oxygens (including phenoxy) is 1. The van der Waals surface area contributed by atoms with Crippen molar-refractivity contribution in [2.75, 3.05) is 6.61 Å². The maximum atomic E-state index is 11.4. The van der Waals surface area contributed by atoms with Gasteiger partial charge in [0.1, 0.15) is 0 Å². The van der Waals surface area contributed by atoms with Gasteiger partial charge in [0.15, 0.2) is 0 Å². The van der Waals surface area contributed by atoms with E-state index < -0.39 is 0 Å². The highest BCUT2D eigenvalue weighted by atomic mass is 16.5. The van der Waals surface area contributed by atoms with Crippen LogP contribution in [-0.2, 0) is 9.53 Å². The van der Waals surface area contributed by atoms with E-state index in [1.807, 2.05) is 32.1 Å². The lowest BCUT2D eigenvalue weighted by Crippen LogP contribution is -2.34. The van der Waals surface area contributed by atoms with Crippen molar-refractivity contribution in [2.24, 2.45) is 5.92 Å². The predicted octanol–water partition coefficient (Wildman–Crippen LogP) is 2.17. The molecule has 16 heavy (non-hydrogen) atoms. The highest BCUT2D eigenvalue weighted by Gasteiger charge is 2.31. The summed E-state index contributed by atoms with van der Waals surface area (Å²) in [7, 11) is 0. The number of carbonyl (C=O) groups is 1. The summed E-state index contributed by atoms with van der Waals surface area (Å²) < 4.78 is 4.94. The van der Waals surface area contributed by atoms with Gasteiger partial charge in [0, 0.05) is 11.7 Å². The maximum Gasteiger partial charge on any atom is 0.311 e. The molecule has 0 aromatic heterocycles. The molecule has 1 N–H and O–H groups in total. The number of rotatable bonds is 5. The molecule has 1 rings (SSSR count). The SMILES string of the molecule is C=C/C(=C\C=C/C)NC(C)C1CCOC1=O. The third-order valence-electron chi connectivity index (χ3n) is 2.66. The molecule has 0 saturated carbocycles. The standard InChI is InChI=1S/C13H19NO2/c1-4-6-7-11(5-2)14-10(3)12-8-9-16-13(12)15/h4-7,10,12,14H,2,8-9H2,1,3H3/b6-4-,11-7+. The summed E-state index contributed by atoms with van der Waals surface area (Å²) in [6, 6.07) is 0.0736. The molecule has 0 amide bonds. The first-order valence-electron chi connectivity index (χ1n) is 5.57. The first kappa shape index (κ1) is 12.6. The van der Waals surface area contributed by atoms with Gasteiger partial charge < -0.3 is 10.1 Å². The molecule has 88 valence electrons. The van der Waals surface area contributed by atoms with E-state index in [-0.39, 0.29) is 17.9 Å². The Balaban J connectivity index is 2.57. The molecule has 1 heterocycles. The number of hydrogen-bond acceptors (Lipinski definition) is 3. The van der Waals surface area contributed by atoms with Gasteiger partial charge >= 0.3 is 5.97 Å². The fraction of sp³-hybridized carbons (Fsp3) is 0.462. The Labute approximate surface area is 96.9 Å². The molecule has 0 spiro atoms. The van der Waals surface area contributed by atoms with E-state index in [0.29, 0.717) is 6.61 Å². The van der Waals surface area contributed by atoms with Gasteiger partial charge in [-0.15, -0.1) is 0 Å². The first-order chi connectivity index (χ1) is 7.69. The number of carbonyl (C=O) groups excluding carboxylic acids is 1. The van der Waals surface area contributed by atoms with Gasteiger partial charge in [0.2, 0.25) is 0 Å². The van der Waals surface area contributed by atoms with Crippen LogP contribution in [0.25, 0.3) is 0 Å². The van der Waals surface area contributed by atoms with Crippen molar-refractivity contribution >= 4 is 5.97 Å². The minimum Gasteiger partial charge on any atom is -0.465 e. The van der Waals surface area contributed by atoms with E-state index in [0.717, 1.165) is 12.1 Å². The largest absolute Gasteiger partial charge is 0.465 e. The van der Waals surface area contributed by atoms with Crippen molar-refractivity contribution in [3.63, 3.8) is 0 Å². The monoisotopic (exact) mass is 221 g/mol. The van der Waals surface area contributed by atoms with Crippen LogP contribution in [0.2, 0.25) is 0 Å². The second kappa shape index (κ2) is 6.16. The summed E-state index contributed by atoms with van der Waals surface area (Å²) >= 11 is 0. The maximum absolute atomic E-state index is 11.4. The molecule has 1 aliphatic rings. The van der Waals surface area contributed by atoms with E-state index in [4.69, 9.17) is 4.74 Å². The Kier molecular flexibility index (Phi) is 4.83. The van der Waals surface area contributed by atoms with Gasteiger partial charge in [-0.05, 0) is 32.4 Å². The molecule has 3 heteroatoms. The lowest BCUT2D eigenvalue weighted by molar-refractivity contribution is -0.141. The number of cyclic esters (lactones) is 1. The molecule has 0 aromatic rings. The van der Waals surface area contributed by atoms with Crippen molar-refractivity contribution in [3.8, 4) is 0 Å². The molecule has 3 nitrogen and oxygen atoms in total. The fourth-order valence-corrected chi connectivity index (χ4v) is 1.70. The van der Waals surface area contributed by atoms with Crippen LogP contribution in [0, 0.1) is 5.92 Å². The number of esters is 1. The summed E-state index contributed by atoms with van der Waals surface area (Å²) in [5, 5.41) is 3.26. The number of hydrogen-bond donors (Lipinski definition) is 1. The molecule has 0 radical (unpaired) electrons. The topological polar surface area (TPSA) is 38.3 Å². The second-order valence-electron chi connectivity index (χ2n) is 3.85. The van der Waals surface area contributed by atoms with Gasteiger partial charge in [-0.1, -0.05) is 18.7 Å². The van der Waals surface area contributed by atoms with Crippen molar-refractivity contribution in [3.05, 3.63) is 36.6 Å². The normalized spacial score (nSPS) is 23.2. The number of allylic oxidation sites excluding steroid dienone is 4. The number of nitrogens with one attached hydrogen (secondary N) is 1. The summed E-state index contributed by atoms with van der Waals surface area (Å²) in [4.78, 5) is 11.4. The van der Waals surface area contributed by atoms with Crippen LogP contribution in [0.3, 0.4) is 0 Å². The molecule has 2 unspecified atom stereocenters. The van der Waals surface area contributed by atoms with Crippen LogP contribution in [-0.4, -0.2) is 18.6 Å². The van der Waals surface area contributed by atoms with Crippen LogP contribution in [0.15, 0.2) is 36.6 Å². The Bertz CT molecular complexity index is 318. The smallest absolute Gasteiger partial charge is 0.311 e. The van der Waals surface area contributed by atoms with Crippen LogP contribution in [0.5, 0.6) is 0 Å².